The van der Waals surface area contributed by atoms with Gasteiger partial charge < -0.3 is 5.32 Å². The maximum Gasteiger partial charge on any atom is 0.334 e. The molecule has 1 atom stereocenters. The van der Waals surface area contributed by atoms with Gasteiger partial charge in [0.2, 0.25) is 0 Å². The molecule has 4 rings (SSSR count). The van der Waals surface area contributed by atoms with Crippen molar-refractivity contribution in [1.29, 1.82) is 0 Å². The van der Waals surface area contributed by atoms with Gasteiger partial charge in [-0.1, -0.05) is 48.5 Å². The molecule has 0 aliphatic carbocycles. The van der Waals surface area contributed by atoms with Gasteiger partial charge in [-0.25, -0.2) is 9.36 Å². The standard InChI is InChI=1S/C21H22N4O2/c1-14-8-6-7-11-18(14)25-19-17(20(26)23-21(25)27)12-24(13-22-19)15(2)16-9-4-3-5-10-16/h3-11,15,22H,12-13H2,1-2H3,(H,23,26,27)/t15-/m0/s1. The third-order valence-electron chi connectivity index (χ3n) is 5.20. The third kappa shape index (κ3) is 3.08. The lowest BCUT2D eigenvalue weighted by atomic mass is 10.1. The predicted octanol–water partition coefficient (Wildman–Crippen LogP) is 2.78. The number of H-pyrrole nitrogens is 1. The Morgan fingerprint density at radius 2 is 1.70 bits per heavy atom. The molecule has 1 aromatic heterocycles. The van der Waals surface area contributed by atoms with Crippen LogP contribution in [0.4, 0.5) is 5.82 Å². The van der Waals surface area contributed by atoms with E-state index in [4.69, 9.17) is 0 Å². The van der Waals surface area contributed by atoms with Crippen molar-refractivity contribution < 1.29 is 0 Å². The Bertz CT molecular complexity index is 1090. The molecule has 1 aliphatic rings. The molecule has 1 aliphatic heterocycles. The Kier molecular flexibility index (Phi) is 4.41. The summed E-state index contributed by atoms with van der Waals surface area (Å²) < 4.78 is 1.57. The summed E-state index contributed by atoms with van der Waals surface area (Å²) in [6.07, 6.45) is 0. The lowest BCUT2D eigenvalue weighted by molar-refractivity contribution is 0.207. The van der Waals surface area contributed by atoms with Crippen molar-refractivity contribution in [1.82, 2.24) is 14.5 Å². The van der Waals surface area contributed by atoms with E-state index in [0.717, 1.165) is 11.3 Å². The highest BCUT2D eigenvalue weighted by Gasteiger charge is 2.26. The molecule has 0 saturated heterocycles. The molecule has 0 spiro atoms. The quantitative estimate of drug-likeness (QED) is 0.752. The van der Waals surface area contributed by atoms with Gasteiger partial charge in [-0.3, -0.25) is 14.7 Å². The predicted molar refractivity (Wildman–Crippen MR) is 106 cm³/mol. The molecule has 0 saturated carbocycles. The summed E-state index contributed by atoms with van der Waals surface area (Å²) >= 11 is 0. The highest BCUT2D eigenvalue weighted by Crippen LogP contribution is 2.28. The Morgan fingerprint density at radius 3 is 2.44 bits per heavy atom. The van der Waals surface area contributed by atoms with Crippen LogP contribution in [0, 0.1) is 6.92 Å². The number of hydrogen-bond acceptors (Lipinski definition) is 4. The summed E-state index contributed by atoms with van der Waals surface area (Å²) in [5.74, 6) is 0.578. The molecular formula is C21H22N4O2. The van der Waals surface area contributed by atoms with Gasteiger partial charge in [0.1, 0.15) is 5.82 Å². The Hall–Kier alpha value is -3.12. The van der Waals surface area contributed by atoms with Crippen LogP contribution in [0.15, 0.2) is 64.2 Å². The van der Waals surface area contributed by atoms with Crippen LogP contribution < -0.4 is 16.6 Å². The second-order valence-corrected chi connectivity index (χ2v) is 6.88. The molecule has 3 aromatic rings. The Balaban J connectivity index is 1.77. The molecular weight excluding hydrogens is 340 g/mol. The fraction of sp³-hybridized carbons (Fsp3) is 0.238. The molecule has 6 heteroatoms. The molecule has 2 heterocycles. The summed E-state index contributed by atoms with van der Waals surface area (Å²) in [6, 6.07) is 18.0. The second kappa shape index (κ2) is 6.89. The van der Waals surface area contributed by atoms with Gasteiger partial charge in [-0.2, -0.15) is 0 Å². The zero-order valence-corrected chi connectivity index (χ0v) is 15.4. The first-order valence-corrected chi connectivity index (χ1v) is 9.03. The monoisotopic (exact) mass is 362 g/mol. The maximum atomic E-state index is 12.6. The van der Waals surface area contributed by atoms with Gasteiger partial charge in [0.05, 0.1) is 17.9 Å². The van der Waals surface area contributed by atoms with E-state index >= 15 is 0 Å². The Labute approximate surface area is 157 Å². The fourth-order valence-corrected chi connectivity index (χ4v) is 3.60. The molecule has 138 valence electrons. The molecule has 0 unspecified atom stereocenters. The van der Waals surface area contributed by atoms with Gasteiger partial charge in [0, 0.05) is 12.6 Å². The summed E-state index contributed by atoms with van der Waals surface area (Å²) in [4.78, 5) is 29.7. The van der Waals surface area contributed by atoms with Crippen LogP contribution in [-0.2, 0) is 6.54 Å². The van der Waals surface area contributed by atoms with Gasteiger partial charge in [-0.05, 0) is 31.0 Å². The van der Waals surface area contributed by atoms with E-state index in [1.807, 2.05) is 49.4 Å². The summed E-state index contributed by atoms with van der Waals surface area (Å²) in [7, 11) is 0. The molecule has 0 radical (unpaired) electrons. The Morgan fingerprint density at radius 1 is 1.00 bits per heavy atom. The van der Waals surface area contributed by atoms with E-state index in [9.17, 15) is 9.59 Å². The SMILES string of the molecule is Cc1ccccc1-n1c2c(c(=O)[nH]c1=O)CN([C@@H](C)c1ccccc1)CN2. The van der Waals surface area contributed by atoms with Crippen LogP contribution in [0.1, 0.15) is 29.7 Å². The number of aryl methyl sites for hydroxylation is 1. The highest BCUT2D eigenvalue weighted by molar-refractivity contribution is 5.54. The zero-order chi connectivity index (χ0) is 19.0. The van der Waals surface area contributed by atoms with Crippen LogP contribution in [0.25, 0.3) is 5.69 Å². The van der Waals surface area contributed by atoms with Crippen LogP contribution in [0.5, 0.6) is 0 Å². The summed E-state index contributed by atoms with van der Waals surface area (Å²) in [5, 5.41) is 3.31. The fourth-order valence-electron chi connectivity index (χ4n) is 3.60. The number of hydrogen-bond donors (Lipinski definition) is 2. The zero-order valence-electron chi connectivity index (χ0n) is 15.4. The number of aromatic amines is 1. The van der Waals surface area contributed by atoms with E-state index in [-0.39, 0.29) is 11.6 Å². The second-order valence-electron chi connectivity index (χ2n) is 6.88. The number of fused-ring (bicyclic) bond motifs is 1. The minimum Gasteiger partial charge on any atom is -0.358 e. The van der Waals surface area contributed by atoms with Crippen molar-refractivity contribution in [2.24, 2.45) is 0 Å². The van der Waals surface area contributed by atoms with Crippen molar-refractivity contribution in [2.45, 2.75) is 26.4 Å². The van der Waals surface area contributed by atoms with Gasteiger partial charge in [-0.15, -0.1) is 0 Å². The molecule has 2 aromatic carbocycles. The number of aromatic nitrogens is 2. The highest BCUT2D eigenvalue weighted by atomic mass is 16.2. The first-order valence-electron chi connectivity index (χ1n) is 9.03. The smallest absolute Gasteiger partial charge is 0.334 e. The van der Waals surface area contributed by atoms with Crippen molar-refractivity contribution >= 4 is 5.82 Å². The minimum absolute atomic E-state index is 0.144. The molecule has 0 amide bonds. The minimum atomic E-state index is -0.426. The van der Waals surface area contributed by atoms with Crippen molar-refractivity contribution in [3.63, 3.8) is 0 Å². The molecule has 0 bridgehead atoms. The number of anilines is 1. The van der Waals surface area contributed by atoms with Gasteiger partial charge in [0.25, 0.3) is 5.56 Å². The van der Waals surface area contributed by atoms with E-state index < -0.39 is 5.69 Å². The lowest BCUT2D eigenvalue weighted by Gasteiger charge is -2.35. The van der Waals surface area contributed by atoms with Crippen molar-refractivity contribution in [3.05, 3.63) is 92.1 Å². The number of para-hydroxylation sites is 1. The maximum absolute atomic E-state index is 12.6. The molecule has 6 nitrogen and oxygen atoms in total. The number of rotatable bonds is 3. The first kappa shape index (κ1) is 17.3. The normalized spacial score (nSPS) is 15.0. The van der Waals surface area contributed by atoms with E-state index in [1.54, 1.807) is 4.57 Å². The van der Waals surface area contributed by atoms with Crippen LogP contribution >= 0.6 is 0 Å². The molecule has 27 heavy (non-hydrogen) atoms. The van der Waals surface area contributed by atoms with Crippen molar-refractivity contribution in [3.8, 4) is 5.69 Å². The third-order valence-corrected chi connectivity index (χ3v) is 5.20. The first-order chi connectivity index (χ1) is 13.1. The largest absolute Gasteiger partial charge is 0.358 e. The average Bonchev–Trinajstić information content (AvgIpc) is 2.69. The van der Waals surface area contributed by atoms with Crippen LogP contribution in [0.2, 0.25) is 0 Å². The molecule has 2 N–H and O–H groups in total. The van der Waals surface area contributed by atoms with E-state index in [0.29, 0.717) is 24.6 Å². The van der Waals surface area contributed by atoms with Crippen molar-refractivity contribution in [2.75, 3.05) is 12.0 Å². The van der Waals surface area contributed by atoms with Crippen LogP contribution in [0.3, 0.4) is 0 Å². The average molecular weight is 362 g/mol. The van der Waals surface area contributed by atoms with E-state index in [2.05, 4.69) is 34.3 Å². The van der Waals surface area contributed by atoms with E-state index in [1.165, 1.54) is 5.56 Å². The van der Waals surface area contributed by atoms with Crippen LogP contribution in [-0.4, -0.2) is 21.1 Å². The number of benzene rings is 2. The number of nitrogens with one attached hydrogen (secondary N) is 2. The molecule has 0 fully saturated rings. The summed E-state index contributed by atoms with van der Waals surface area (Å²) in [6.45, 7) is 5.09. The van der Waals surface area contributed by atoms with Gasteiger partial charge in [0.15, 0.2) is 0 Å². The summed E-state index contributed by atoms with van der Waals surface area (Å²) in [5.41, 5.74) is 2.74. The lowest BCUT2D eigenvalue weighted by Crippen LogP contribution is -2.43. The number of nitrogens with zero attached hydrogens (tertiary/aromatic N) is 2. The topological polar surface area (TPSA) is 70.1 Å². The van der Waals surface area contributed by atoms with Gasteiger partial charge >= 0.3 is 5.69 Å².